The largest absolute Gasteiger partial charge is 0.494 e. The lowest BCUT2D eigenvalue weighted by Crippen LogP contribution is -2.20. The number of benzene rings is 2. The first-order chi connectivity index (χ1) is 18.3. The van der Waals surface area contributed by atoms with E-state index in [1.807, 2.05) is 12.2 Å². The van der Waals surface area contributed by atoms with Gasteiger partial charge in [0.15, 0.2) is 11.5 Å². The number of halogens is 3. The second-order valence-corrected chi connectivity index (χ2v) is 8.13. The van der Waals surface area contributed by atoms with Crippen LogP contribution >= 0.6 is 0 Å². The average Bonchev–Trinajstić information content (AvgIpc) is 2.89. The zero-order valence-electron chi connectivity index (χ0n) is 20.7. The number of nitrogens with zero attached hydrogens (tertiary/aromatic N) is 2. The smallest absolute Gasteiger partial charge is 0.421 e. The summed E-state index contributed by atoms with van der Waals surface area (Å²) in [7, 11) is 2.93. The van der Waals surface area contributed by atoms with Crippen molar-refractivity contribution in [2.75, 3.05) is 38.0 Å². The summed E-state index contributed by atoms with van der Waals surface area (Å²) in [4.78, 5) is 20.4. The molecule has 0 saturated carbocycles. The van der Waals surface area contributed by atoms with Crippen LogP contribution in [0.25, 0.3) is 0 Å². The third-order valence-electron chi connectivity index (χ3n) is 5.52. The molecule has 12 heteroatoms. The van der Waals surface area contributed by atoms with E-state index in [9.17, 15) is 18.0 Å². The van der Waals surface area contributed by atoms with Crippen LogP contribution in [0.15, 0.2) is 54.7 Å². The van der Waals surface area contributed by atoms with Crippen LogP contribution in [0.5, 0.6) is 17.2 Å². The summed E-state index contributed by atoms with van der Waals surface area (Å²) in [5, 5.41) is 8.06. The lowest BCUT2D eigenvalue weighted by atomic mass is 10.1. The molecule has 0 atom stereocenters. The second kappa shape index (κ2) is 11.7. The number of anilines is 4. The Morgan fingerprint density at radius 2 is 1.95 bits per heavy atom. The van der Waals surface area contributed by atoms with Crippen molar-refractivity contribution in [3.63, 3.8) is 0 Å². The molecule has 4 rings (SSSR count). The van der Waals surface area contributed by atoms with Crippen molar-refractivity contribution in [2.24, 2.45) is 0 Å². The third-order valence-corrected chi connectivity index (χ3v) is 5.52. The number of aromatic nitrogens is 2. The highest BCUT2D eigenvalue weighted by molar-refractivity contribution is 6.00. The van der Waals surface area contributed by atoms with E-state index in [0.717, 1.165) is 6.42 Å². The topological polar surface area (TPSA) is 107 Å². The number of allylic oxidation sites excluding steroid dienone is 1. The van der Waals surface area contributed by atoms with E-state index in [4.69, 9.17) is 14.2 Å². The molecular formula is C26H26F3N5O4. The number of alkyl halides is 3. The molecular weight excluding hydrogens is 503 g/mol. The van der Waals surface area contributed by atoms with Crippen LogP contribution in [0.4, 0.5) is 36.3 Å². The van der Waals surface area contributed by atoms with E-state index < -0.39 is 23.5 Å². The number of methoxy groups -OCH3 is 1. The van der Waals surface area contributed by atoms with Crippen molar-refractivity contribution in [1.29, 1.82) is 0 Å². The van der Waals surface area contributed by atoms with E-state index in [2.05, 4.69) is 25.9 Å². The summed E-state index contributed by atoms with van der Waals surface area (Å²) < 4.78 is 58.5. The molecule has 0 aliphatic carbocycles. The first-order valence-electron chi connectivity index (χ1n) is 11.7. The van der Waals surface area contributed by atoms with Crippen molar-refractivity contribution < 1.29 is 32.2 Å². The van der Waals surface area contributed by atoms with Crippen molar-refractivity contribution in [3.8, 4) is 17.2 Å². The summed E-state index contributed by atoms with van der Waals surface area (Å²) in [6.07, 6.45) is 1.16. The molecule has 1 amide bonds. The van der Waals surface area contributed by atoms with Crippen LogP contribution in [0.1, 0.15) is 28.8 Å². The first kappa shape index (κ1) is 26.6. The number of hydrogen-bond donors (Lipinski definition) is 3. The Labute approximate surface area is 217 Å². The minimum atomic E-state index is -4.76. The Kier molecular flexibility index (Phi) is 8.19. The third kappa shape index (κ3) is 6.44. The molecule has 2 heterocycles. The van der Waals surface area contributed by atoms with Crippen LogP contribution in [-0.2, 0) is 6.18 Å². The van der Waals surface area contributed by atoms with Gasteiger partial charge >= 0.3 is 6.18 Å². The molecule has 9 nitrogen and oxygen atoms in total. The number of rotatable bonds is 2. The van der Waals surface area contributed by atoms with E-state index in [-0.39, 0.29) is 23.8 Å². The Morgan fingerprint density at radius 1 is 1.11 bits per heavy atom. The van der Waals surface area contributed by atoms with Crippen LogP contribution in [-0.4, -0.2) is 43.2 Å². The highest BCUT2D eigenvalue weighted by atomic mass is 19.4. The fourth-order valence-corrected chi connectivity index (χ4v) is 3.63. The minimum Gasteiger partial charge on any atom is -0.494 e. The molecule has 1 aliphatic heterocycles. The molecule has 0 unspecified atom stereocenters. The highest BCUT2D eigenvalue weighted by Crippen LogP contribution is 2.37. The molecule has 6 bridgehead atoms. The quantitative estimate of drug-likeness (QED) is 0.376. The zero-order valence-corrected chi connectivity index (χ0v) is 20.7. The van der Waals surface area contributed by atoms with Crippen molar-refractivity contribution in [2.45, 2.75) is 19.0 Å². The highest BCUT2D eigenvalue weighted by Gasteiger charge is 2.35. The van der Waals surface area contributed by atoms with E-state index in [1.54, 1.807) is 24.3 Å². The molecule has 1 aromatic heterocycles. The van der Waals surface area contributed by atoms with E-state index in [0.29, 0.717) is 42.2 Å². The van der Waals surface area contributed by atoms with Gasteiger partial charge in [-0.15, -0.1) is 0 Å². The van der Waals surface area contributed by atoms with Crippen molar-refractivity contribution >= 4 is 29.0 Å². The average molecular weight is 530 g/mol. The zero-order chi connectivity index (χ0) is 27.1. The van der Waals surface area contributed by atoms with E-state index in [1.165, 1.54) is 26.3 Å². The standard InChI is InChI=1S/C26H26F3N5O4/c1-30-24(35)18-9-8-17-14-20(18)33-23-19(26(27,28)29)15-31-25(34-23)32-16-7-10-21(36-2)22(13-16)38-12-6-4-3-5-11-37-17/h4,6-10,13-15H,3,5,11-12H2,1-2H3,(H,30,35)(H2,31,32,33,34)/b6-4-. The lowest BCUT2D eigenvalue weighted by molar-refractivity contribution is -0.137. The molecule has 2 aromatic carbocycles. The number of fused-ring (bicyclic) bond motifs is 6. The molecule has 0 saturated heterocycles. The first-order valence-corrected chi connectivity index (χ1v) is 11.7. The molecule has 200 valence electrons. The SMILES string of the molecule is CNC(=O)c1ccc2cc1Nc1nc(ncc1C(F)(F)F)Nc1ccc(OC)c(c1)OC/C=C\CCCO2. The van der Waals surface area contributed by atoms with Gasteiger partial charge in [-0.1, -0.05) is 12.2 Å². The van der Waals surface area contributed by atoms with Gasteiger partial charge in [0.05, 0.1) is 25.0 Å². The number of nitrogens with one attached hydrogen (secondary N) is 3. The number of hydrogen-bond acceptors (Lipinski definition) is 8. The predicted octanol–water partition coefficient (Wildman–Crippen LogP) is 5.46. The van der Waals surface area contributed by atoms with Gasteiger partial charge in [0.1, 0.15) is 23.7 Å². The molecule has 3 aromatic rings. The summed E-state index contributed by atoms with van der Waals surface area (Å²) in [6, 6.07) is 9.47. The fourth-order valence-electron chi connectivity index (χ4n) is 3.63. The maximum Gasteiger partial charge on any atom is 0.421 e. The summed E-state index contributed by atoms with van der Waals surface area (Å²) in [5.41, 5.74) is -0.426. The molecule has 3 N–H and O–H groups in total. The predicted molar refractivity (Wildman–Crippen MR) is 136 cm³/mol. The van der Waals surface area contributed by atoms with Gasteiger partial charge in [-0.2, -0.15) is 18.2 Å². The normalized spacial score (nSPS) is 14.7. The van der Waals surface area contributed by atoms with Crippen LogP contribution in [0, 0.1) is 0 Å². The number of ether oxygens (including phenoxy) is 3. The summed E-state index contributed by atoms with van der Waals surface area (Å²) >= 11 is 0. The van der Waals surface area contributed by atoms with Gasteiger partial charge in [-0.3, -0.25) is 4.79 Å². The molecule has 0 fully saturated rings. The van der Waals surface area contributed by atoms with Crippen molar-refractivity contribution in [1.82, 2.24) is 15.3 Å². The van der Waals surface area contributed by atoms with Gasteiger partial charge < -0.3 is 30.2 Å². The van der Waals surface area contributed by atoms with Gasteiger partial charge in [0, 0.05) is 31.1 Å². The van der Waals surface area contributed by atoms with Gasteiger partial charge in [0.2, 0.25) is 5.95 Å². The Hall–Kier alpha value is -4.48. The lowest BCUT2D eigenvalue weighted by Gasteiger charge is -2.17. The number of carbonyl (C=O) groups excluding carboxylic acids is 1. The molecule has 0 radical (unpaired) electrons. The minimum absolute atomic E-state index is 0.0925. The molecule has 38 heavy (non-hydrogen) atoms. The fraction of sp³-hybridized carbons (Fsp3) is 0.269. The van der Waals surface area contributed by atoms with E-state index >= 15 is 0 Å². The Bertz CT molecular complexity index is 1330. The maximum atomic E-state index is 13.9. The monoisotopic (exact) mass is 529 g/mol. The summed E-state index contributed by atoms with van der Waals surface area (Å²) in [5.74, 6) is 0.163. The maximum absolute atomic E-state index is 13.9. The Morgan fingerprint density at radius 3 is 2.71 bits per heavy atom. The molecule has 1 aliphatic rings. The Balaban J connectivity index is 1.80. The van der Waals surface area contributed by atoms with Crippen LogP contribution in [0.2, 0.25) is 0 Å². The van der Waals surface area contributed by atoms with Gasteiger partial charge in [0.25, 0.3) is 5.91 Å². The second-order valence-electron chi connectivity index (χ2n) is 8.13. The summed E-state index contributed by atoms with van der Waals surface area (Å²) in [6.45, 7) is 0.644. The number of carbonyl (C=O) groups is 1. The van der Waals surface area contributed by atoms with Crippen LogP contribution in [0.3, 0.4) is 0 Å². The van der Waals surface area contributed by atoms with Gasteiger partial charge in [-0.25, -0.2) is 4.98 Å². The van der Waals surface area contributed by atoms with Crippen LogP contribution < -0.4 is 30.2 Å². The van der Waals surface area contributed by atoms with Gasteiger partial charge in [-0.05, 0) is 37.1 Å². The van der Waals surface area contributed by atoms with Crippen molar-refractivity contribution in [3.05, 3.63) is 65.9 Å². The number of amides is 1. The molecule has 0 spiro atoms.